The van der Waals surface area contributed by atoms with Gasteiger partial charge in [0.1, 0.15) is 18.4 Å². The quantitative estimate of drug-likeness (QED) is 0.657. The molecule has 0 aliphatic carbocycles. The van der Waals surface area contributed by atoms with E-state index in [2.05, 4.69) is 10.3 Å². The van der Waals surface area contributed by atoms with Crippen LogP contribution in [0.3, 0.4) is 0 Å². The predicted molar refractivity (Wildman–Crippen MR) is 97.0 cm³/mol. The van der Waals surface area contributed by atoms with E-state index < -0.39 is 0 Å². The lowest BCUT2D eigenvalue weighted by atomic mass is 10.2. The van der Waals surface area contributed by atoms with Crippen LogP contribution in [-0.4, -0.2) is 18.1 Å². The molecule has 5 nitrogen and oxygen atoms in total. The summed E-state index contributed by atoms with van der Waals surface area (Å²) >= 11 is 0. The molecule has 0 aliphatic rings. The van der Waals surface area contributed by atoms with E-state index in [1.165, 1.54) is 0 Å². The Morgan fingerprint density at radius 3 is 2.48 bits per heavy atom. The molecular weight excluding hydrogens is 314 g/mol. The zero-order valence-electron chi connectivity index (χ0n) is 13.6. The number of anilines is 1. The van der Waals surface area contributed by atoms with Crippen molar-refractivity contribution in [3.63, 3.8) is 0 Å². The van der Waals surface area contributed by atoms with E-state index in [0.717, 1.165) is 11.3 Å². The van der Waals surface area contributed by atoms with Crippen LogP contribution >= 0.6 is 0 Å². The van der Waals surface area contributed by atoms with Crippen LogP contribution in [0.2, 0.25) is 0 Å². The van der Waals surface area contributed by atoms with Crippen LogP contribution < -0.4 is 10.1 Å². The van der Waals surface area contributed by atoms with E-state index >= 15 is 0 Å². The Kier molecular flexibility index (Phi) is 5.47. The highest BCUT2D eigenvalue weighted by atomic mass is 16.5. The maximum atomic E-state index is 9.18. The first-order chi connectivity index (χ1) is 12.3. The standard InChI is InChI=1S/C20H17N3O2/c21-15-18-20(22-13-14-24-17-9-5-2-6-10-17)25-19(23-18)12-11-16-7-3-1-4-8-16/h1-12,22H,13-14H2. The first kappa shape index (κ1) is 16.3. The number of aromatic nitrogens is 1. The number of ether oxygens (including phenoxy) is 1. The van der Waals surface area contributed by atoms with Gasteiger partial charge in [0.15, 0.2) is 0 Å². The van der Waals surface area contributed by atoms with Gasteiger partial charge in [0.05, 0.1) is 6.54 Å². The van der Waals surface area contributed by atoms with Gasteiger partial charge in [-0.05, 0) is 23.8 Å². The maximum Gasteiger partial charge on any atom is 0.232 e. The number of nitriles is 1. The molecule has 5 heteroatoms. The van der Waals surface area contributed by atoms with Crippen molar-refractivity contribution >= 4 is 18.0 Å². The third-order valence-electron chi connectivity index (χ3n) is 3.37. The number of hydrogen-bond donors (Lipinski definition) is 1. The second-order valence-corrected chi connectivity index (χ2v) is 5.17. The Balaban J connectivity index is 1.57. The van der Waals surface area contributed by atoms with Gasteiger partial charge in [-0.25, -0.2) is 0 Å². The average Bonchev–Trinajstić information content (AvgIpc) is 3.07. The molecule has 0 amide bonds. The summed E-state index contributed by atoms with van der Waals surface area (Å²) in [6.07, 6.45) is 3.62. The van der Waals surface area contributed by atoms with E-state index in [9.17, 15) is 5.26 Å². The summed E-state index contributed by atoms with van der Waals surface area (Å²) in [5.41, 5.74) is 1.26. The van der Waals surface area contributed by atoms with Gasteiger partial charge < -0.3 is 14.5 Å². The third kappa shape index (κ3) is 4.72. The minimum atomic E-state index is 0.229. The van der Waals surface area contributed by atoms with E-state index in [1.807, 2.05) is 72.8 Å². The number of para-hydroxylation sites is 1. The molecule has 25 heavy (non-hydrogen) atoms. The first-order valence-corrected chi connectivity index (χ1v) is 7.91. The molecule has 1 N–H and O–H groups in total. The zero-order valence-corrected chi connectivity index (χ0v) is 13.6. The number of hydrogen-bond acceptors (Lipinski definition) is 5. The molecule has 1 heterocycles. The molecule has 2 aromatic carbocycles. The van der Waals surface area contributed by atoms with Crippen molar-refractivity contribution in [2.24, 2.45) is 0 Å². The average molecular weight is 331 g/mol. The van der Waals surface area contributed by atoms with Gasteiger partial charge >= 0.3 is 0 Å². The van der Waals surface area contributed by atoms with E-state index in [-0.39, 0.29) is 5.69 Å². The molecular formula is C20H17N3O2. The van der Waals surface area contributed by atoms with E-state index in [4.69, 9.17) is 9.15 Å². The monoisotopic (exact) mass is 331 g/mol. The molecule has 1 aromatic heterocycles. The van der Waals surface area contributed by atoms with Crippen molar-refractivity contribution < 1.29 is 9.15 Å². The Hall–Kier alpha value is -3.52. The largest absolute Gasteiger partial charge is 0.492 e. The molecule has 0 saturated carbocycles. The van der Waals surface area contributed by atoms with Gasteiger partial charge in [-0.2, -0.15) is 10.2 Å². The molecule has 0 fully saturated rings. The number of benzene rings is 2. The molecule has 0 radical (unpaired) electrons. The van der Waals surface area contributed by atoms with Gasteiger partial charge in [-0.3, -0.25) is 0 Å². The van der Waals surface area contributed by atoms with Gasteiger partial charge in [0.25, 0.3) is 0 Å². The Morgan fingerprint density at radius 1 is 1.04 bits per heavy atom. The normalized spacial score (nSPS) is 10.5. The Morgan fingerprint density at radius 2 is 1.76 bits per heavy atom. The summed E-state index contributed by atoms with van der Waals surface area (Å²) in [5, 5.41) is 12.2. The highest BCUT2D eigenvalue weighted by Gasteiger charge is 2.10. The molecule has 124 valence electrons. The van der Waals surface area contributed by atoms with Crippen LogP contribution in [0.1, 0.15) is 17.1 Å². The highest BCUT2D eigenvalue weighted by molar-refractivity contribution is 5.67. The Labute approximate surface area is 146 Å². The zero-order chi connectivity index (χ0) is 17.3. The summed E-state index contributed by atoms with van der Waals surface area (Å²) in [5.74, 6) is 1.53. The van der Waals surface area contributed by atoms with Crippen molar-refractivity contribution in [1.29, 1.82) is 5.26 Å². The molecule has 3 aromatic rings. The lowest BCUT2D eigenvalue weighted by molar-refractivity contribution is 0.331. The minimum Gasteiger partial charge on any atom is -0.492 e. The van der Waals surface area contributed by atoms with E-state index in [1.54, 1.807) is 6.08 Å². The molecule has 0 aliphatic heterocycles. The van der Waals surface area contributed by atoms with Crippen LogP contribution in [0.5, 0.6) is 5.75 Å². The van der Waals surface area contributed by atoms with Crippen molar-refractivity contribution in [3.05, 3.63) is 77.8 Å². The summed E-state index contributed by atoms with van der Waals surface area (Å²) in [4.78, 5) is 4.16. The summed E-state index contributed by atoms with van der Waals surface area (Å²) < 4.78 is 11.2. The number of oxazole rings is 1. The predicted octanol–water partition coefficient (Wildman–Crippen LogP) is 4.21. The second kappa shape index (κ2) is 8.37. The lowest BCUT2D eigenvalue weighted by Gasteiger charge is -2.06. The topological polar surface area (TPSA) is 71.1 Å². The van der Waals surface area contributed by atoms with E-state index in [0.29, 0.717) is 24.9 Å². The SMILES string of the molecule is N#Cc1nc(C=Cc2ccccc2)oc1NCCOc1ccccc1. The van der Waals surface area contributed by atoms with Gasteiger partial charge in [-0.15, -0.1) is 0 Å². The highest BCUT2D eigenvalue weighted by Crippen LogP contribution is 2.18. The van der Waals surface area contributed by atoms with Crippen molar-refractivity contribution in [2.75, 3.05) is 18.5 Å². The fourth-order valence-corrected chi connectivity index (χ4v) is 2.19. The fourth-order valence-electron chi connectivity index (χ4n) is 2.19. The molecule has 0 unspecified atom stereocenters. The maximum absolute atomic E-state index is 9.18. The van der Waals surface area contributed by atoms with Gasteiger partial charge in [-0.1, -0.05) is 48.5 Å². The minimum absolute atomic E-state index is 0.229. The molecule has 3 rings (SSSR count). The summed E-state index contributed by atoms with van der Waals surface area (Å²) in [6, 6.07) is 21.4. The smallest absolute Gasteiger partial charge is 0.232 e. The van der Waals surface area contributed by atoms with Crippen LogP contribution in [0.15, 0.2) is 65.1 Å². The van der Waals surface area contributed by atoms with Crippen LogP contribution in [0, 0.1) is 11.3 Å². The third-order valence-corrected chi connectivity index (χ3v) is 3.37. The van der Waals surface area contributed by atoms with Crippen molar-refractivity contribution in [3.8, 4) is 11.8 Å². The van der Waals surface area contributed by atoms with Gasteiger partial charge in [0.2, 0.25) is 17.5 Å². The van der Waals surface area contributed by atoms with Gasteiger partial charge in [0, 0.05) is 6.08 Å². The second-order valence-electron chi connectivity index (χ2n) is 5.17. The number of nitrogens with one attached hydrogen (secondary N) is 1. The summed E-state index contributed by atoms with van der Waals surface area (Å²) in [7, 11) is 0. The Bertz CT molecular complexity index is 865. The fraction of sp³-hybridized carbons (Fsp3) is 0.100. The lowest BCUT2D eigenvalue weighted by Crippen LogP contribution is -2.11. The van der Waals surface area contributed by atoms with Crippen molar-refractivity contribution in [2.45, 2.75) is 0 Å². The number of nitrogens with zero attached hydrogens (tertiary/aromatic N) is 2. The molecule has 0 saturated heterocycles. The van der Waals surface area contributed by atoms with Crippen molar-refractivity contribution in [1.82, 2.24) is 4.98 Å². The molecule has 0 atom stereocenters. The van der Waals surface area contributed by atoms with Crippen LogP contribution in [0.25, 0.3) is 12.2 Å². The summed E-state index contributed by atoms with van der Waals surface area (Å²) in [6.45, 7) is 0.950. The van der Waals surface area contributed by atoms with Crippen LogP contribution in [0.4, 0.5) is 5.88 Å². The van der Waals surface area contributed by atoms with Crippen LogP contribution in [-0.2, 0) is 0 Å². The number of rotatable bonds is 7. The molecule has 0 bridgehead atoms. The first-order valence-electron chi connectivity index (χ1n) is 7.91. The molecule has 0 spiro atoms.